The molecule has 2 N–H and O–H groups in total. The molecule has 2 aromatic heterocycles. The number of imidazole rings is 1. The molecule has 0 aliphatic heterocycles. The summed E-state index contributed by atoms with van der Waals surface area (Å²) in [5.41, 5.74) is 1.11. The summed E-state index contributed by atoms with van der Waals surface area (Å²) in [5.74, 6) is 2.55. The second kappa shape index (κ2) is 9.50. The molecule has 0 aliphatic rings. The number of hydrogen-bond acceptors (Lipinski definition) is 4. The second-order valence-electron chi connectivity index (χ2n) is 7.54. The molecule has 7 nitrogen and oxygen atoms in total. The van der Waals surface area contributed by atoms with Crippen molar-refractivity contribution >= 4 is 5.96 Å². The van der Waals surface area contributed by atoms with E-state index in [0.29, 0.717) is 13.1 Å². The highest BCUT2D eigenvalue weighted by atomic mass is 16.5. The fourth-order valence-corrected chi connectivity index (χ4v) is 2.72. The summed E-state index contributed by atoms with van der Waals surface area (Å²) in [4.78, 5) is 13.4. The number of nitrogens with zero attached hydrogens (tertiary/aromatic N) is 4. The van der Waals surface area contributed by atoms with E-state index in [0.717, 1.165) is 29.7 Å². The molecule has 1 atom stereocenters. The molecular formula is C20H32N6O. The number of hydrogen-bond donors (Lipinski definition) is 2. The van der Waals surface area contributed by atoms with Gasteiger partial charge in [0.05, 0.1) is 12.6 Å². The van der Waals surface area contributed by atoms with Crippen LogP contribution in [0.15, 0.2) is 35.7 Å². The minimum absolute atomic E-state index is 0.0598. The Morgan fingerprint density at radius 3 is 2.56 bits per heavy atom. The summed E-state index contributed by atoms with van der Waals surface area (Å²) in [6.45, 7) is 12.6. The molecule has 0 radical (unpaired) electrons. The van der Waals surface area contributed by atoms with Crippen molar-refractivity contribution in [3.63, 3.8) is 0 Å². The monoisotopic (exact) mass is 372 g/mol. The standard InChI is InChI=1S/C20H32N6O/c1-7-21-19(25-14-17(27-6)20(3,4)5)24-13-16-8-9-18(23-12-16)26-11-10-22-15(26)2/h8-12,17H,7,13-14H2,1-6H3,(H2,21,24,25). The number of guanidine groups is 1. The molecule has 2 rings (SSSR count). The van der Waals surface area contributed by atoms with E-state index in [2.05, 4.69) is 53.3 Å². The highest BCUT2D eigenvalue weighted by Gasteiger charge is 2.24. The van der Waals surface area contributed by atoms with Crippen LogP contribution in [0.2, 0.25) is 0 Å². The molecule has 0 bridgehead atoms. The van der Waals surface area contributed by atoms with Gasteiger partial charge in [0.2, 0.25) is 0 Å². The summed E-state index contributed by atoms with van der Waals surface area (Å²) in [6.07, 6.45) is 5.63. The SMILES string of the molecule is CCNC(=NCc1ccc(-n2ccnc2C)nc1)NCC(OC)C(C)(C)C. The van der Waals surface area contributed by atoms with Crippen molar-refractivity contribution in [2.24, 2.45) is 10.4 Å². The van der Waals surface area contributed by atoms with Crippen LogP contribution >= 0.6 is 0 Å². The number of aliphatic imine (C=N–C) groups is 1. The maximum atomic E-state index is 5.60. The highest BCUT2D eigenvalue weighted by molar-refractivity contribution is 5.79. The number of ether oxygens (including phenoxy) is 1. The first-order chi connectivity index (χ1) is 12.8. The smallest absolute Gasteiger partial charge is 0.191 e. The molecular weight excluding hydrogens is 340 g/mol. The van der Waals surface area contributed by atoms with E-state index in [9.17, 15) is 0 Å². The van der Waals surface area contributed by atoms with Crippen molar-refractivity contribution < 1.29 is 4.74 Å². The zero-order valence-corrected chi connectivity index (χ0v) is 17.3. The minimum Gasteiger partial charge on any atom is -0.379 e. The average Bonchev–Trinajstić information content (AvgIpc) is 3.05. The quantitative estimate of drug-likeness (QED) is 0.577. The Balaban J connectivity index is 2.00. The van der Waals surface area contributed by atoms with E-state index in [1.54, 1.807) is 13.3 Å². The van der Waals surface area contributed by atoms with Gasteiger partial charge >= 0.3 is 0 Å². The molecule has 0 saturated heterocycles. The molecule has 0 saturated carbocycles. The first-order valence-corrected chi connectivity index (χ1v) is 9.35. The normalized spacial score (nSPS) is 13.5. The van der Waals surface area contributed by atoms with E-state index in [-0.39, 0.29) is 11.5 Å². The number of aromatic nitrogens is 3. The maximum Gasteiger partial charge on any atom is 0.191 e. The van der Waals surface area contributed by atoms with Gasteiger partial charge in [0.25, 0.3) is 0 Å². The molecule has 0 spiro atoms. The molecule has 0 aliphatic carbocycles. The van der Waals surface area contributed by atoms with Crippen molar-refractivity contribution in [3.05, 3.63) is 42.1 Å². The predicted molar refractivity (Wildman–Crippen MR) is 109 cm³/mol. The molecule has 0 aromatic carbocycles. The largest absolute Gasteiger partial charge is 0.379 e. The van der Waals surface area contributed by atoms with Crippen molar-refractivity contribution in [2.45, 2.75) is 47.3 Å². The Hall–Kier alpha value is -2.41. The van der Waals surface area contributed by atoms with Gasteiger partial charge in [-0.05, 0) is 30.9 Å². The van der Waals surface area contributed by atoms with Crippen LogP contribution in [0, 0.1) is 12.3 Å². The summed E-state index contributed by atoms with van der Waals surface area (Å²) in [5, 5.41) is 6.65. The molecule has 7 heteroatoms. The number of nitrogens with one attached hydrogen (secondary N) is 2. The van der Waals surface area contributed by atoms with Crippen LogP contribution in [0.1, 0.15) is 39.1 Å². The van der Waals surface area contributed by atoms with Crippen LogP contribution in [-0.2, 0) is 11.3 Å². The molecule has 148 valence electrons. The van der Waals surface area contributed by atoms with Crippen LogP contribution in [0.25, 0.3) is 5.82 Å². The van der Waals surface area contributed by atoms with Crippen molar-refractivity contribution in [2.75, 3.05) is 20.2 Å². The zero-order chi connectivity index (χ0) is 19.9. The zero-order valence-electron chi connectivity index (χ0n) is 17.3. The topological polar surface area (TPSA) is 76.4 Å². The van der Waals surface area contributed by atoms with E-state index in [4.69, 9.17) is 4.74 Å². The van der Waals surface area contributed by atoms with E-state index in [1.807, 2.05) is 36.0 Å². The number of aryl methyl sites for hydroxylation is 1. The Morgan fingerprint density at radius 2 is 2.04 bits per heavy atom. The molecule has 2 aromatic rings. The Bertz CT molecular complexity index is 730. The van der Waals surface area contributed by atoms with Gasteiger partial charge in [-0.2, -0.15) is 0 Å². The van der Waals surface area contributed by atoms with E-state index in [1.165, 1.54) is 0 Å². The van der Waals surface area contributed by atoms with Crippen LogP contribution in [-0.4, -0.2) is 46.8 Å². The lowest BCUT2D eigenvalue weighted by Crippen LogP contribution is -2.45. The molecule has 2 heterocycles. The molecule has 1 unspecified atom stereocenters. The minimum atomic E-state index is 0.0598. The predicted octanol–water partition coefficient (Wildman–Crippen LogP) is 2.69. The molecule has 0 fully saturated rings. The molecule has 0 amide bonds. The molecule has 27 heavy (non-hydrogen) atoms. The Morgan fingerprint density at radius 1 is 1.26 bits per heavy atom. The Kier molecular flexibility index (Phi) is 7.36. The average molecular weight is 373 g/mol. The van der Waals surface area contributed by atoms with Gasteiger partial charge in [0.15, 0.2) is 5.96 Å². The third kappa shape index (κ3) is 6.06. The van der Waals surface area contributed by atoms with E-state index >= 15 is 0 Å². The fraction of sp³-hybridized carbons (Fsp3) is 0.550. The van der Waals surface area contributed by atoms with Crippen molar-refractivity contribution in [1.29, 1.82) is 0 Å². The second-order valence-corrected chi connectivity index (χ2v) is 7.54. The van der Waals surface area contributed by atoms with E-state index < -0.39 is 0 Å². The van der Waals surface area contributed by atoms with Gasteiger partial charge in [-0.1, -0.05) is 26.8 Å². The summed E-state index contributed by atoms with van der Waals surface area (Å²) in [6, 6.07) is 4.03. The van der Waals surface area contributed by atoms with Gasteiger partial charge in [-0.15, -0.1) is 0 Å². The van der Waals surface area contributed by atoms with Gasteiger partial charge in [-0.25, -0.2) is 15.0 Å². The fourth-order valence-electron chi connectivity index (χ4n) is 2.72. The summed E-state index contributed by atoms with van der Waals surface area (Å²) >= 11 is 0. The van der Waals surface area contributed by atoms with Gasteiger partial charge in [0.1, 0.15) is 11.6 Å². The van der Waals surface area contributed by atoms with Crippen LogP contribution in [0.5, 0.6) is 0 Å². The summed E-state index contributed by atoms with van der Waals surface area (Å²) < 4.78 is 7.56. The Labute approximate surface area is 162 Å². The highest BCUT2D eigenvalue weighted by Crippen LogP contribution is 2.20. The lowest BCUT2D eigenvalue weighted by atomic mass is 9.89. The lowest BCUT2D eigenvalue weighted by Gasteiger charge is -2.30. The van der Waals surface area contributed by atoms with Gasteiger partial charge in [-0.3, -0.25) is 4.57 Å². The lowest BCUT2D eigenvalue weighted by molar-refractivity contribution is 0.0205. The van der Waals surface area contributed by atoms with Gasteiger partial charge in [0, 0.05) is 38.8 Å². The third-order valence-electron chi connectivity index (χ3n) is 4.35. The third-order valence-corrected chi connectivity index (χ3v) is 4.35. The van der Waals surface area contributed by atoms with Gasteiger partial charge < -0.3 is 15.4 Å². The maximum absolute atomic E-state index is 5.60. The number of pyridine rings is 1. The summed E-state index contributed by atoms with van der Waals surface area (Å²) in [7, 11) is 1.75. The van der Waals surface area contributed by atoms with Crippen LogP contribution in [0.3, 0.4) is 0 Å². The number of rotatable bonds is 7. The van der Waals surface area contributed by atoms with Crippen LogP contribution in [0.4, 0.5) is 0 Å². The van der Waals surface area contributed by atoms with Crippen molar-refractivity contribution in [3.8, 4) is 5.82 Å². The first-order valence-electron chi connectivity index (χ1n) is 9.35. The van der Waals surface area contributed by atoms with Crippen molar-refractivity contribution in [1.82, 2.24) is 25.2 Å². The number of methoxy groups -OCH3 is 1. The van der Waals surface area contributed by atoms with Crippen LogP contribution < -0.4 is 10.6 Å². The first kappa shape index (κ1) is 20.9.